The van der Waals surface area contributed by atoms with E-state index in [-0.39, 0.29) is 26.1 Å². The zero-order valence-electron chi connectivity index (χ0n) is 38.6. The lowest BCUT2D eigenvalue weighted by Gasteiger charge is -2.20. The van der Waals surface area contributed by atoms with Crippen molar-refractivity contribution in [3.8, 4) is 0 Å². The highest BCUT2D eigenvalue weighted by Gasteiger charge is 2.26. The zero-order valence-corrected chi connectivity index (χ0v) is 39.5. The molecule has 0 saturated heterocycles. The fourth-order valence-corrected chi connectivity index (χ4v) is 7.16. The highest BCUT2D eigenvalue weighted by atomic mass is 31.2. The Bertz CT molecular complexity index is 1170. The summed E-state index contributed by atoms with van der Waals surface area (Å²) in [6.45, 7) is 4.16. The molecular formula is C50H90NO8P. The minimum atomic E-state index is -4.36. The highest BCUT2D eigenvalue weighted by Crippen LogP contribution is 2.43. The van der Waals surface area contributed by atoms with Crippen LogP contribution in [0.5, 0.6) is 0 Å². The van der Waals surface area contributed by atoms with E-state index in [0.29, 0.717) is 19.4 Å². The molecule has 0 heterocycles. The van der Waals surface area contributed by atoms with Crippen LogP contribution in [-0.4, -0.2) is 56.3 Å². The molecule has 0 saturated carbocycles. The molecule has 348 valence electrons. The van der Waals surface area contributed by atoms with Gasteiger partial charge >= 0.3 is 19.8 Å². The molecule has 0 aliphatic carbocycles. The van der Waals surface area contributed by atoms with Crippen molar-refractivity contribution in [3.05, 3.63) is 60.8 Å². The summed E-state index contributed by atoms with van der Waals surface area (Å²) < 4.78 is 33.3. The van der Waals surface area contributed by atoms with Gasteiger partial charge < -0.3 is 19.7 Å². The van der Waals surface area contributed by atoms with Crippen molar-refractivity contribution in [3.63, 3.8) is 0 Å². The van der Waals surface area contributed by atoms with Gasteiger partial charge in [0.2, 0.25) is 0 Å². The molecule has 60 heavy (non-hydrogen) atoms. The minimum Gasteiger partial charge on any atom is -0.462 e. The average molecular weight is 864 g/mol. The Kier molecular flexibility index (Phi) is 44.5. The molecule has 0 spiro atoms. The van der Waals surface area contributed by atoms with Crippen LogP contribution in [0.15, 0.2) is 60.8 Å². The second-order valence-electron chi connectivity index (χ2n) is 15.9. The number of unbranched alkanes of at least 4 members (excludes halogenated alkanes) is 21. The smallest absolute Gasteiger partial charge is 0.462 e. The largest absolute Gasteiger partial charge is 0.472 e. The number of phosphoric ester groups is 1. The first kappa shape index (κ1) is 57.7. The third kappa shape index (κ3) is 45.2. The van der Waals surface area contributed by atoms with Gasteiger partial charge in [-0.15, -0.1) is 0 Å². The standard InChI is InChI=1S/C50H90NO8P/c1-4-6-8-10-12-14-16-18-20-22-24-26-28-30-32-34-36-38-40-42-49(52)56-46-48(47-58-60(54,55)57-45-44-51-3)59-50(53)43-41-39-37-35-33-31-29-27-25-23-21-19-17-15-13-11-9-7-5-2/h12,14,18-21,24,26,30,32,48,51H,4-11,13,15-17,22-23,25,27-29,31,33-47H2,1-3H3,(H,54,55)/b14-12-,20-18-,21-19-,26-24-,32-30-. The first-order valence-electron chi connectivity index (χ1n) is 24.2. The third-order valence-corrected chi connectivity index (χ3v) is 11.1. The van der Waals surface area contributed by atoms with Crippen molar-refractivity contribution in [2.75, 3.05) is 33.4 Å². The minimum absolute atomic E-state index is 0.0247. The fraction of sp³-hybridized carbons (Fsp3) is 0.760. The molecule has 0 aromatic rings. The molecule has 2 N–H and O–H groups in total. The molecule has 10 heteroatoms. The highest BCUT2D eigenvalue weighted by molar-refractivity contribution is 7.47. The molecule has 0 aromatic carbocycles. The predicted octanol–water partition coefficient (Wildman–Crippen LogP) is 14.3. The van der Waals surface area contributed by atoms with Crippen LogP contribution in [0.2, 0.25) is 0 Å². The summed E-state index contributed by atoms with van der Waals surface area (Å²) >= 11 is 0. The van der Waals surface area contributed by atoms with E-state index in [1.807, 2.05) is 0 Å². The van der Waals surface area contributed by atoms with Crippen molar-refractivity contribution in [1.29, 1.82) is 0 Å². The van der Waals surface area contributed by atoms with Crippen molar-refractivity contribution in [2.24, 2.45) is 0 Å². The molecule has 0 aliphatic rings. The predicted molar refractivity (Wildman–Crippen MR) is 252 cm³/mol. The summed E-state index contributed by atoms with van der Waals surface area (Å²) in [5, 5.41) is 2.82. The van der Waals surface area contributed by atoms with E-state index < -0.39 is 32.5 Å². The Balaban J connectivity index is 4.23. The number of phosphoric acid groups is 1. The maximum atomic E-state index is 12.7. The first-order chi connectivity index (χ1) is 29.3. The van der Waals surface area contributed by atoms with Crippen LogP contribution in [-0.2, 0) is 32.7 Å². The third-order valence-electron chi connectivity index (χ3n) is 10.1. The lowest BCUT2D eigenvalue weighted by molar-refractivity contribution is -0.161. The molecule has 9 nitrogen and oxygen atoms in total. The van der Waals surface area contributed by atoms with Crippen LogP contribution < -0.4 is 5.32 Å². The van der Waals surface area contributed by atoms with Crippen LogP contribution in [0.25, 0.3) is 0 Å². The van der Waals surface area contributed by atoms with Gasteiger partial charge in [0.05, 0.1) is 13.2 Å². The van der Waals surface area contributed by atoms with Crippen LogP contribution in [0, 0.1) is 0 Å². The number of carbonyl (C=O) groups excluding carboxylic acids is 2. The molecule has 0 amide bonds. The van der Waals surface area contributed by atoms with Gasteiger partial charge in [-0.2, -0.15) is 0 Å². The van der Waals surface area contributed by atoms with Crippen molar-refractivity contribution >= 4 is 19.8 Å². The monoisotopic (exact) mass is 864 g/mol. The van der Waals surface area contributed by atoms with Gasteiger partial charge in [-0.25, -0.2) is 4.57 Å². The molecule has 0 rings (SSSR count). The van der Waals surface area contributed by atoms with Crippen LogP contribution >= 0.6 is 7.82 Å². The number of rotatable bonds is 45. The van der Waals surface area contributed by atoms with E-state index in [1.54, 1.807) is 7.05 Å². The van der Waals surface area contributed by atoms with E-state index in [2.05, 4.69) is 79.9 Å². The lowest BCUT2D eigenvalue weighted by Crippen LogP contribution is -2.29. The number of ether oxygens (including phenoxy) is 2. The summed E-state index contributed by atoms with van der Waals surface area (Å²) in [6.07, 6.45) is 54.1. The second kappa shape index (κ2) is 46.2. The number of hydrogen-bond acceptors (Lipinski definition) is 8. The van der Waals surface area contributed by atoms with E-state index in [1.165, 1.54) is 109 Å². The molecule has 0 bridgehead atoms. The van der Waals surface area contributed by atoms with Gasteiger partial charge in [0, 0.05) is 19.4 Å². The van der Waals surface area contributed by atoms with Gasteiger partial charge in [0.1, 0.15) is 6.61 Å². The molecule has 0 fully saturated rings. The Morgan fingerprint density at radius 3 is 1.40 bits per heavy atom. The van der Waals surface area contributed by atoms with Gasteiger partial charge in [-0.3, -0.25) is 18.6 Å². The summed E-state index contributed by atoms with van der Waals surface area (Å²) in [7, 11) is -2.67. The first-order valence-corrected chi connectivity index (χ1v) is 25.7. The summed E-state index contributed by atoms with van der Waals surface area (Å²) in [5.41, 5.74) is 0. The Morgan fingerprint density at radius 2 is 0.900 bits per heavy atom. The van der Waals surface area contributed by atoms with Crippen LogP contribution in [0.4, 0.5) is 0 Å². The Labute approximate surface area is 368 Å². The van der Waals surface area contributed by atoms with Crippen molar-refractivity contribution in [2.45, 2.75) is 213 Å². The number of allylic oxidation sites excluding steroid dienone is 10. The molecular weight excluding hydrogens is 774 g/mol. The molecule has 0 radical (unpaired) electrons. The SMILES string of the molecule is CCCCC/C=C\C/C=C\C/C=C\C/C=C\CCCCCC(=O)OCC(COP(=O)(O)OCCNC)OC(=O)CCCCCCCCCCC/C=C\CCCCCCCC. The molecule has 2 unspecified atom stereocenters. The van der Waals surface area contributed by atoms with Gasteiger partial charge in [0.25, 0.3) is 0 Å². The van der Waals surface area contributed by atoms with Gasteiger partial charge in [-0.1, -0.05) is 171 Å². The number of carbonyl (C=O) groups is 2. The summed E-state index contributed by atoms with van der Waals surface area (Å²) in [4.78, 5) is 35.2. The molecule has 2 atom stereocenters. The number of nitrogens with one attached hydrogen (secondary N) is 1. The van der Waals surface area contributed by atoms with E-state index in [0.717, 1.165) is 57.8 Å². The number of likely N-dealkylation sites (N-methyl/N-ethyl adjacent to an activating group) is 1. The summed E-state index contributed by atoms with van der Waals surface area (Å²) in [5.74, 6) is -0.844. The van der Waals surface area contributed by atoms with Crippen LogP contribution in [0.3, 0.4) is 0 Å². The molecule has 0 aromatic heterocycles. The Hall–Kier alpha value is -2.29. The van der Waals surface area contributed by atoms with Crippen molar-refractivity contribution < 1.29 is 37.6 Å². The van der Waals surface area contributed by atoms with Crippen molar-refractivity contribution in [1.82, 2.24) is 5.32 Å². The van der Waals surface area contributed by atoms with Gasteiger partial charge in [-0.05, 0) is 90.5 Å². The second-order valence-corrected chi connectivity index (χ2v) is 17.4. The van der Waals surface area contributed by atoms with Gasteiger partial charge in [0.15, 0.2) is 6.10 Å². The topological polar surface area (TPSA) is 120 Å². The molecule has 0 aliphatic heterocycles. The van der Waals surface area contributed by atoms with Crippen LogP contribution in [0.1, 0.15) is 206 Å². The maximum Gasteiger partial charge on any atom is 0.472 e. The maximum absolute atomic E-state index is 12.7. The zero-order chi connectivity index (χ0) is 43.9. The Morgan fingerprint density at radius 1 is 0.517 bits per heavy atom. The lowest BCUT2D eigenvalue weighted by atomic mass is 10.1. The van der Waals surface area contributed by atoms with E-state index in [9.17, 15) is 19.0 Å². The number of hydrogen-bond donors (Lipinski definition) is 2. The van der Waals surface area contributed by atoms with E-state index >= 15 is 0 Å². The normalized spacial score (nSPS) is 13.7. The quantitative estimate of drug-likeness (QED) is 0.0267. The average Bonchev–Trinajstić information content (AvgIpc) is 3.23. The number of esters is 2. The van der Waals surface area contributed by atoms with E-state index in [4.69, 9.17) is 18.5 Å². The summed E-state index contributed by atoms with van der Waals surface area (Å²) in [6, 6.07) is 0. The fourth-order valence-electron chi connectivity index (χ4n) is 6.41.